The first kappa shape index (κ1) is 18.0. The third kappa shape index (κ3) is 6.06. The first-order chi connectivity index (χ1) is 9.65. The van der Waals surface area contributed by atoms with Crippen LogP contribution >= 0.6 is 0 Å². The number of aryl methyl sites for hydroxylation is 1. The second-order valence-corrected chi connectivity index (χ2v) is 7.26. The Bertz CT molecular complexity index is 447. The molecule has 0 heterocycles. The molecule has 1 rings (SSSR count). The molecule has 0 aliphatic heterocycles. The fourth-order valence-corrected chi connectivity index (χ4v) is 2.26. The van der Waals surface area contributed by atoms with Crippen LogP contribution in [0.5, 0.6) is 5.75 Å². The van der Waals surface area contributed by atoms with Crippen LogP contribution in [0, 0.1) is 6.92 Å². The van der Waals surface area contributed by atoms with E-state index in [1.54, 1.807) is 6.92 Å². The molecule has 0 aromatic heterocycles. The molecule has 0 aliphatic carbocycles. The van der Waals surface area contributed by atoms with Gasteiger partial charge in [0.2, 0.25) is 0 Å². The second kappa shape index (κ2) is 7.28. The lowest BCUT2D eigenvalue weighted by Crippen LogP contribution is -2.33. The molecule has 1 unspecified atom stereocenters. The molecule has 1 aromatic carbocycles. The Morgan fingerprint density at radius 1 is 1.14 bits per heavy atom. The third-order valence-corrected chi connectivity index (χ3v) is 3.75. The summed E-state index contributed by atoms with van der Waals surface area (Å²) < 4.78 is 5.98. The zero-order chi connectivity index (χ0) is 16.1. The van der Waals surface area contributed by atoms with Crippen LogP contribution in [-0.4, -0.2) is 23.9 Å². The van der Waals surface area contributed by atoms with Gasteiger partial charge in [0.15, 0.2) is 0 Å². The van der Waals surface area contributed by atoms with Gasteiger partial charge in [0.05, 0.1) is 12.2 Å². The molecule has 21 heavy (non-hydrogen) atoms. The summed E-state index contributed by atoms with van der Waals surface area (Å²) in [6, 6.07) is 6.40. The molecular formula is C18H31NO2. The Morgan fingerprint density at radius 2 is 1.81 bits per heavy atom. The summed E-state index contributed by atoms with van der Waals surface area (Å²) in [5.74, 6) is 0.980. The maximum absolute atomic E-state index is 9.86. The standard InChI is InChI=1S/C18H31NO2/c1-14-8-9-15(17(2,3)4)16(12-14)21-11-7-6-10-18(5,20)13-19/h8-9,12,20H,6-7,10-11,13,19H2,1-5H3. The van der Waals surface area contributed by atoms with Crippen LogP contribution in [0.3, 0.4) is 0 Å². The number of hydrogen-bond acceptors (Lipinski definition) is 3. The predicted molar refractivity (Wildman–Crippen MR) is 88.9 cm³/mol. The quantitative estimate of drug-likeness (QED) is 0.756. The minimum Gasteiger partial charge on any atom is -0.493 e. The molecule has 0 amide bonds. The number of aliphatic hydroxyl groups is 1. The van der Waals surface area contributed by atoms with Crippen molar-refractivity contribution in [1.82, 2.24) is 0 Å². The SMILES string of the molecule is Cc1ccc(C(C)(C)C)c(OCCCCC(C)(O)CN)c1. The summed E-state index contributed by atoms with van der Waals surface area (Å²) in [4.78, 5) is 0. The van der Waals surface area contributed by atoms with E-state index in [1.165, 1.54) is 11.1 Å². The lowest BCUT2D eigenvalue weighted by atomic mass is 9.86. The molecule has 0 saturated heterocycles. The monoisotopic (exact) mass is 293 g/mol. The van der Waals surface area contributed by atoms with E-state index in [0.29, 0.717) is 19.6 Å². The van der Waals surface area contributed by atoms with Gasteiger partial charge in [-0.05, 0) is 55.7 Å². The molecule has 0 fully saturated rings. The van der Waals surface area contributed by atoms with E-state index in [1.807, 2.05) is 0 Å². The average molecular weight is 293 g/mol. The molecule has 3 heteroatoms. The summed E-state index contributed by atoms with van der Waals surface area (Å²) in [6.07, 6.45) is 2.56. The van der Waals surface area contributed by atoms with Gasteiger partial charge in [0.25, 0.3) is 0 Å². The fourth-order valence-electron chi connectivity index (χ4n) is 2.26. The Labute approximate surface area is 129 Å². The first-order valence-electron chi connectivity index (χ1n) is 7.82. The average Bonchev–Trinajstić information content (AvgIpc) is 2.37. The largest absolute Gasteiger partial charge is 0.493 e. The minimum atomic E-state index is -0.750. The highest BCUT2D eigenvalue weighted by Gasteiger charge is 2.19. The van der Waals surface area contributed by atoms with Crippen LogP contribution in [-0.2, 0) is 5.41 Å². The lowest BCUT2D eigenvalue weighted by molar-refractivity contribution is 0.0562. The molecule has 120 valence electrons. The van der Waals surface area contributed by atoms with E-state index in [-0.39, 0.29) is 5.41 Å². The first-order valence-corrected chi connectivity index (χ1v) is 7.82. The van der Waals surface area contributed by atoms with Gasteiger partial charge in [0.1, 0.15) is 5.75 Å². The van der Waals surface area contributed by atoms with E-state index in [2.05, 4.69) is 45.9 Å². The van der Waals surface area contributed by atoms with Crippen molar-refractivity contribution < 1.29 is 9.84 Å². The van der Waals surface area contributed by atoms with Crippen LogP contribution in [0.15, 0.2) is 18.2 Å². The van der Waals surface area contributed by atoms with Crippen molar-refractivity contribution in [2.75, 3.05) is 13.2 Å². The van der Waals surface area contributed by atoms with Gasteiger partial charge in [-0.15, -0.1) is 0 Å². The van der Waals surface area contributed by atoms with Crippen molar-refractivity contribution in [3.63, 3.8) is 0 Å². The van der Waals surface area contributed by atoms with Crippen molar-refractivity contribution in [3.05, 3.63) is 29.3 Å². The van der Waals surface area contributed by atoms with E-state index >= 15 is 0 Å². The Balaban J connectivity index is 2.54. The summed E-state index contributed by atoms with van der Waals surface area (Å²) in [6.45, 7) is 11.4. The number of nitrogens with two attached hydrogens (primary N) is 1. The van der Waals surface area contributed by atoms with Crippen LogP contribution in [0.2, 0.25) is 0 Å². The topological polar surface area (TPSA) is 55.5 Å². The molecule has 3 nitrogen and oxygen atoms in total. The Morgan fingerprint density at radius 3 is 2.38 bits per heavy atom. The maximum atomic E-state index is 9.86. The fraction of sp³-hybridized carbons (Fsp3) is 0.667. The molecule has 3 N–H and O–H groups in total. The molecule has 0 saturated carbocycles. The van der Waals surface area contributed by atoms with Crippen LogP contribution in [0.25, 0.3) is 0 Å². The number of benzene rings is 1. The number of ether oxygens (including phenoxy) is 1. The van der Waals surface area contributed by atoms with E-state index in [4.69, 9.17) is 10.5 Å². The van der Waals surface area contributed by atoms with Crippen LogP contribution < -0.4 is 10.5 Å². The number of unbranched alkanes of at least 4 members (excludes halogenated alkanes) is 1. The molecule has 0 bridgehead atoms. The van der Waals surface area contributed by atoms with Crippen LogP contribution in [0.1, 0.15) is 58.1 Å². The highest BCUT2D eigenvalue weighted by Crippen LogP contribution is 2.32. The number of hydrogen-bond donors (Lipinski definition) is 2. The van der Waals surface area contributed by atoms with Gasteiger partial charge in [-0.25, -0.2) is 0 Å². The summed E-state index contributed by atoms with van der Waals surface area (Å²) in [7, 11) is 0. The van der Waals surface area contributed by atoms with E-state index in [0.717, 1.165) is 18.6 Å². The second-order valence-electron chi connectivity index (χ2n) is 7.26. The lowest BCUT2D eigenvalue weighted by Gasteiger charge is -2.24. The minimum absolute atomic E-state index is 0.0756. The van der Waals surface area contributed by atoms with Crippen molar-refractivity contribution in [2.45, 2.75) is 64.9 Å². The third-order valence-electron chi connectivity index (χ3n) is 3.75. The van der Waals surface area contributed by atoms with E-state index in [9.17, 15) is 5.11 Å². The molecule has 0 spiro atoms. The van der Waals surface area contributed by atoms with Gasteiger partial charge in [-0.3, -0.25) is 0 Å². The molecular weight excluding hydrogens is 262 g/mol. The van der Waals surface area contributed by atoms with Gasteiger partial charge >= 0.3 is 0 Å². The molecule has 0 radical (unpaired) electrons. The van der Waals surface area contributed by atoms with Gasteiger partial charge < -0.3 is 15.6 Å². The summed E-state index contributed by atoms with van der Waals surface area (Å²) in [5, 5.41) is 9.86. The Hall–Kier alpha value is -1.06. The highest BCUT2D eigenvalue weighted by molar-refractivity contribution is 5.41. The number of rotatable bonds is 7. The van der Waals surface area contributed by atoms with E-state index < -0.39 is 5.60 Å². The summed E-state index contributed by atoms with van der Waals surface area (Å²) in [5.41, 5.74) is 7.29. The van der Waals surface area contributed by atoms with Crippen LogP contribution in [0.4, 0.5) is 0 Å². The van der Waals surface area contributed by atoms with Gasteiger partial charge in [-0.2, -0.15) is 0 Å². The zero-order valence-corrected chi connectivity index (χ0v) is 14.2. The maximum Gasteiger partial charge on any atom is 0.123 e. The van der Waals surface area contributed by atoms with Crippen molar-refractivity contribution in [3.8, 4) is 5.75 Å². The van der Waals surface area contributed by atoms with Gasteiger partial charge in [0, 0.05) is 6.54 Å². The molecule has 1 atom stereocenters. The van der Waals surface area contributed by atoms with Crippen molar-refractivity contribution >= 4 is 0 Å². The van der Waals surface area contributed by atoms with Crippen molar-refractivity contribution in [1.29, 1.82) is 0 Å². The van der Waals surface area contributed by atoms with Crippen molar-refractivity contribution in [2.24, 2.45) is 5.73 Å². The summed E-state index contributed by atoms with van der Waals surface area (Å²) >= 11 is 0. The zero-order valence-electron chi connectivity index (χ0n) is 14.2. The smallest absolute Gasteiger partial charge is 0.123 e. The predicted octanol–water partition coefficient (Wildman–Crippen LogP) is 3.55. The van der Waals surface area contributed by atoms with Gasteiger partial charge in [-0.1, -0.05) is 32.9 Å². The molecule has 0 aliphatic rings. The molecule has 1 aromatic rings. The highest BCUT2D eigenvalue weighted by atomic mass is 16.5. The normalized spacial score (nSPS) is 14.8. The Kier molecular flexibility index (Phi) is 6.24.